The van der Waals surface area contributed by atoms with E-state index in [1.807, 2.05) is 37.4 Å². The second-order valence-corrected chi connectivity index (χ2v) is 5.33. The SMILES string of the molecule is CN(Cc1ccc(Cl)cc1)Cc1cccc(CN)c1F. The molecule has 2 aromatic rings. The van der Waals surface area contributed by atoms with Crippen molar-refractivity contribution in [3.8, 4) is 0 Å². The summed E-state index contributed by atoms with van der Waals surface area (Å²) >= 11 is 5.86. The molecule has 0 saturated carbocycles. The zero-order chi connectivity index (χ0) is 14.5. The molecule has 20 heavy (non-hydrogen) atoms. The van der Waals surface area contributed by atoms with Gasteiger partial charge in [-0.1, -0.05) is 41.9 Å². The Kier molecular flexibility index (Phi) is 5.12. The Morgan fingerprint density at radius 2 is 1.70 bits per heavy atom. The first-order valence-electron chi connectivity index (χ1n) is 6.49. The highest BCUT2D eigenvalue weighted by molar-refractivity contribution is 6.30. The Labute approximate surface area is 124 Å². The first-order valence-corrected chi connectivity index (χ1v) is 6.87. The minimum Gasteiger partial charge on any atom is -0.326 e. The third kappa shape index (κ3) is 3.79. The number of rotatable bonds is 5. The molecule has 0 heterocycles. The van der Waals surface area contributed by atoms with Crippen molar-refractivity contribution in [3.05, 3.63) is 70.0 Å². The van der Waals surface area contributed by atoms with Gasteiger partial charge in [0.1, 0.15) is 5.82 Å². The van der Waals surface area contributed by atoms with E-state index in [1.54, 1.807) is 12.1 Å². The van der Waals surface area contributed by atoms with E-state index in [2.05, 4.69) is 4.90 Å². The molecule has 0 unspecified atom stereocenters. The first-order chi connectivity index (χ1) is 9.60. The van der Waals surface area contributed by atoms with Crippen molar-refractivity contribution in [2.75, 3.05) is 7.05 Å². The van der Waals surface area contributed by atoms with Gasteiger partial charge in [-0.15, -0.1) is 0 Å². The molecule has 0 aliphatic carbocycles. The summed E-state index contributed by atoms with van der Waals surface area (Å²) in [6, 6.07) is 13.0. The van der Waals surface area contributed by atoms with Gasteiger partial charge in [-0.3, -0.25) is 4.90 Å². The summed E-state index contributed by atoms with van der Waals surface area (Å²) in [4.78, 5) is 2.06. The maximum atomic E-state index is 14.1. The smallest absolute Gasteiger partial charge is 0.132 e. The molecular weight excluding hydrogens is 275 g/mol. The molecule has 2 nitrogen and oxygen atoms in total. The molecule has 2 N–H and O–H groups in total. The van der Waals surface area contributed by atoms with Gasteiger partial charge in [0.2, 0.25) is 0 Å². The molecule has 0 atom stereocenters. The largest absolute Gasteiger partial charge is 0.326 e. The fourth-order valence-corrected chi connectivity index (χ4v) is 2.29. The summed E-state index contributed by atoms with van der Waals surface area (Å²) in [6.45, 7) is 1.51. The zero-order valence-corrected chi connectivity index (χ0v) is 12.2. The van der Waals surface area contributed by atoms with Crippen LogP contribution in [0.15, 0.2) is 42.5 Å². The van der Waals surface area contributed by atoms with Gasteiger partial charge in [0.15, 0.2) is 0 Å². The number of nitrogens with two attached hydrogens (primary N) is 1. The molecule has 0 fully saturated rings. The molecule has 0 radical (unpaired) electrons. The summed E-state index contributed by atoms with van der Waals surface area (Å²) < 4.78 is 14.1. The van der Waals surface area contributed by atoms with E-state index in [0.29, 0.717) is 17.7 Å². The molecular formula is C16H18ClFN2. The third-order valence-electron chi connectivity index (χ3n) is 3.18. The summed E-state index contributed by atoms with van der Waals surface area (Å²) in [5.74, 6) is -0.196. The molecule has 0 aliphatic heterocycles. The van der Waals surface area contributed by atoms with Gasteiger partial charge < -0.3 is 5.73 Å². The highest BCUT2D eigenvalue weighted by Crippen LogP contribution is 2.16. The van der Waals surface area contributed by atoms with Crippen LogP contribution in [0.2, 0.25) is 5.02 Å². The van der Waals surface area contributed by atoms with Gasteiger partial charge in [-0.25, -0.2) is 4.39 Å². The van der Waals surface area contributed by atoms with Crippen molar-refractivity contribution in [1.82, 2.24) is 4.90 Å². The lowest BCUT2D eigenvalue weighted by atomic mass is 10.1. The van der Waals surface area contributed by atoms with Gasteiger partial charge in [-0.2, -0.15) is 0 Å². The van der Waals surface area contributed by atoms with E-state index in [-0.39, 0.29) is 12.4 Å². The highest BCUT2D eigenvalue weighted by Gasteiger charge is 2.09. The molecule has 4 heteroatoms. The fourth-order valence-electron chi connectivity index (χ4n) is 2.16. The second-order valence-electron chi connectivity index (χ2n) is 4.89. The van der Waals surface area contributed by atoms with Crippen molar-refractivity contribution in [3.63, 3.8) is 0 Å². The van der Waals surface area contributed by atoms with Crippen molar-refractivity contribution in [2.45, 2.75) is 19.6 Å². The predicted octanol–water partition coefficient (Wildman–Crippen LogP) is 3.57. The average molecular weight is 293 g/mol. The van der Waals surface area contributed by atoms with Crippen LogP contribution in [-0.4, -0.2) is 11.9 Å². The Morgan fingerprint density at radius 1 is 1.05 bits per heavy atom. The van der Waals surface area contributed by atoms with Gasteiger partial charge in [0.05, 0.1) is 0 Å². The predicted molar refractivity (Wildman–Crippen MR) is 80.9 cm³/mol. The highest BCUT2D eigenvalue weighted by atomic mass is 35.5. The van der Waals surface area contributed by atoms with E-state index in [9.17, 15) is 4.39 Å². The van der Waals surface area contributed by atoms with Crippen LogP contribution in [0.3, 0.4) is 0 Å². The summed E-state index contributed by atoms with van der Waals surface area (Å²) in [7, 11) is 1.96. The quantitative estimate of drug-likeness (QED) is 0.913. The lowest BCUT2D eigenvalue weighted by molar-refractivity contribution is 0.313. The van der Waals surface area contributed by atoms with Crippen LogP contribution < -0.4 is 5.73 Å². The molecule has 0 bridgehead atoms. The molecule has 0 amide bonds. The number of benzene rings is 2. The van der Waals surface area contributed by atoms with Crippen molar-refractivity contribution in [1.29, 1.82) is 0 Å². The normalized spacial score (nSPS) is 11.1. The van der Waals surface area contributed by atoms with E-state index in [1.165, 1.54) is 0 Å². The van der Waals surface area contributed by atoms with Crippen LogP contribution in [0.25, 0.3) is 0 Å². The van der Waals surface area contributed by atoms with Crippen LogP contribution in [0.4, 0.5) is 4.39 Å². The monoisotopic (exact) mass is 292 g/mol. The zero-order valence-electron chi connectivity index (χ0n) is 11.4. The molecule has 2 aromatic carbocycles. The van der Waals surface area contributed by atoms with E-state index in [4.69, 9.17) is 17.3 Å². The van der Waals surface area contributed by atoms with Crippen molar-refractivity contribution < 1.29 is 4.39 Å². The Balaban J connectivity index is 2.04. The topological polar surface area (TPSA) is 29.3 Å². The van der Waals surface area contributed by atoms with Crippen LogP contribution in [0, 0.1) is 5.82 Å². The molecule has 0 saturated heterocycles. The summed E-state index contributed by atoms with van der Waals surface area (Å²) in [5, 5.41) is 0.720. The molecule has 0 aromatic heterocycles. The van der Waals surface area contributed by atoms with Crippen LogP contribution >= 0.6 is 11.6 Å². The maximum absolute atomic E-state index is 14.1. The molecule has 106 valence electrons. The number of nitrogens with zero attached hydrogens (tertiary/aromatic N) is 1. The minimum absolute atomic E-state index is 0.196. The van der Waals surface area contributed by atoms with Crippen LogP contribution in [0.5, 0.6) is 0 Å². The van der Waals surface area contributed by atoms with E-state index in [0.717, 1.165) is 17.1 Å². The third-order valence-corrected chi connectivity index (χ3v) is 3.44. The lowest BCUT2D eigenvalue weighted by Gasteiger charge is -2.18. The maximum Gasteiger partial charge on any atom is 0.132 e. The van der Waals surface area contributed by atoms with Crippen LogP contribution in [-0.2, 0) is 19.6 Å². The van der Waals surface area contributed by atoms with E-state index < -0.39 is 0 Å². The van der Waals surface area contributed by atoms with Gasteiger partial charge in [0, 0.05) is 35.8 Å². The van der Waals surface area contributed by atoms with Gasteiger partial charge in [-0.05, 0) is 24.7 Å². The first kappa shape index (κ1) is 15.0. The Hall–Kier alpha value is -1.42. The van der Waals surface area contributed by atoms with E-state index >= 15 is 0 Å². The van der Waals surface area contributed by atoms with Gasteiger partial charge in [0.25, 0.3) is 0 Å². The second kappa shape index (κ2) is 6.84. The number of hydrogen-bond donors (Lipinski definition) is 1. The molecule has 2 rings (SSSR count). The van der Waals surface area contributed by atoms with Crippen molar-refractivity contribution >= 4 is 11.6 Å². The summed E-state index contributed by atoms with van der Waals surface area (Å²) in [5.41, 5.74) is 7.90. The average Bonchev–Trinajstić information content (AvgIpc) is 2.44. The standard InChI is InChI=1S/C16H18ClFN2/c1-20(10-12-5-7-15(17)8-6-12)11-14-4-2-3-13(9-19)16(14)18/h2-8H,9-11,19H2,1H3. The van der Waals surface area contributed by atoms with Crippen LogP contribution in [0.1, 0.15) is 16.7 Å². The number of hydrogen-bond acceptors (Lipinski definition) is 2. The Morgan fingerprint density at radius 3 is 2.35 bits per heavy atom. The van der Waals surface area contributed by atoms with Gasteiger partial charge >= 0.3 is 0 Å². The minimum atomic E-state index is -0.196. The Bertz CT molecular complexity index is 569. The molecule has 0 spiro atoms. The fraction of sp³-hybridized carbons (Fsp3) is 0.250. The molecule has 0 aliphatic rings. The van der Waals surface area contributed by atoms with Crippen molar-refractivity contribution in [2.24, 2.45) is 5.73 Å². The number of halogens is 2. The lowest BCUT2D eigenvalue weighted by Crippen LogP contribution is -2.18. The summed E-state index contributed by atoms with van der Waals surface area (Å²) in [6.07, 6.45) is 0.